The zero-order valence-electron chi connectivity index (χ0n) is 16.8. The number of nitrogens with one attached hydrogen (secondary N) is 2. The SMILES string of the molecule is CCCCOCCCN=C(NCC)NCCc1ccc(OC)c(OC)c1. The summed E-state index contributed by atoms with van der Waals surface area (Å²) in [5, 5.41) is 6.65. The Morgan fingerprint density at radius 2 is 1.77 bits per heavy atom. The van der Waals surface area contributed by atoms with E-state index in [0.717, 1.165) is 69.6 Å². The van der Waals surface area contributed by atoms with Crippen molar-refractivity contribution < 1.29 is 14.2 Å². The molecule has 0 aromatic heterocycles. The zero-order chi connectivity index (χ0) is 19.0. The first-order chi connectivity index (χ1) is 12.7. The van der Waals surface area contributed by atoms with Gasteiger partial charge in [0, 0.05) is 32.8 Å². The molecule has 6 nitrogen and oxygen atoms in total. The molecule has 0 aliphatic carbocycles. The maximum Gasteiger partial charge on any atom is 0.191 e. The van der Waals surface area contributed by atoms with E-state index in [-0.39, 0.29) is 0 Å². The van der Waals surface area contributed by atoms with Crippen molar-refractivity contribution in [1.29, 1.82) is 0 Å². The molecule has 0 atom stereocenters. The summed E-state index contributed by atoms with van der Waals surface area (Å²) in [4.78, 5) is 4.59. The molecule has 26 heavy (non-hydrogen) atoms. The molecule has 0 saturated heterocycles. The van der Waals surface area contributed by atoms with Gasteiger partial charge in [-0.25, -0.2) is 0 Å². The largest absolute Gasteiger partial charge is 0.493 e. The van der Waals surface area contributed by atoms with E-state index in [9.17, 15) is 0 Å². The van der Waals surface area contributed by atoms with Crippen LogP contribution in [0.3, 0.4) is 0 Å². The van der Waals surface area contributed by atoms with E-state index < -0.39 is 0 Å². The smallest absolute Gasteiger partial charge is 0.191 e. The molecule has 6 heteroatoms. The average molecular weight is 366 g/mol. The van der Waals surface area contributed by atoms with Crippen LogP contribution in [-0.4, -0.2) is 53.0 Å². The molecule has 0 amide bonds. The van der Waals surface area contributed by atoms with Gasteiger partial charge in [-0.1, -0.05) is 19.4 Å². The van der Waals surface area contributed by atoms with Crippen LogP contribution in [0.1, 0.15) is 38.7 Å². The number of nitrogens with zero attached hydrogens (tertiary/aromatic N) is 1. The minimum absolute atomic E-state index is 0.750. The quantitative estimate of drug-likeness (QED) is 0.320. The summed E-state index contributed by atoms with van der Waals surface area (Å²) in [7, 11) is 3.30. The normalized spacial score (nSPS) is 11.3. The van der Waals surface area contributed by atoms with Gasteiger partial charge in [0.2, 0.25) is 0 Å². The molecule has 0 aliphatic heterocycles. The molecule has 1 rings (SSSR count). The highest BCUT2D eigenvalue weighted by Crippen LogP contribution is 2.27. The molecule has 0 unspecified atom stereocenters. The highest BCUT2D eigenvalue weighted by molar-refractivity contribution is 5.79. The Bertz CT molecular complexity index is 521. The standard InChI is InChI=1S/C20H35N3O3/c1-5-7-14-26-15-8-12-22-20(21-6-2)23-13-11-17-9-10-18(24-3)19(16-17)25-4/h9-10,16H,5-8,11-15H2,1-4H3,(H2,21,22,23). The number of benzene rings is 1. The second-order valence-corrected chi connectivity index (χ2v) is 5.95. The number of rotatable bonds is 13. The highest BCUT2D eigenvalue weighted by atomic mass is 16.5. The van der Waals surface area contributed by atoms with E-state index in [1.165, 1.54) is 12.0 Å². The lowest BCUT2D eigenvalue weighted by atomic mass is 10.1. The highest BCUT2D eigenvalue weighted by Gasteiger charge is 2.05. The monoisotopic (exact) mass is 365 g/mol. The van der Waals surface area contributed by atoms with Crippen molar-refractivity contribution in [3.05, 3.63) is 23.8 Å². The summed E-state index contributed by atoms with van der Waals surface area (Å²) < 4.78 is 16.2. The maximum absolute atomic E-state index is 5.56. The minimum atomic E-state index is 0.750. The molecule has 1 aromatic rings. The van der Waals surface area contributed by atoms with Crippen molar-refractivity contribution in [3.8, 4) is 11.5 Å². The molecular formula is C20H35N3O3. The number of hydrogen-bond donors (Lipinski definition) is 2. The Hall–Kier alpha value is -1.95. The Morgan fingerprint density at radius 1 is 1.00 bits per heavy atom. The molecule has 148 valence electrons. The summed E-state index contributed by atoms with van der Waals surface area (Å²) in [6.07, 6.45) is 4.12. The van der Waals surface area contributed by atoms with E-state index in [2.05, 4.69) is 35.5 Å². The second kappa shape index (κ2) is 14.2. The van der Waals surface area contributed by atoms with E-state index in [1.807, 2.05) is 12.1 Å². The van der Waals surface area contributed by atoms with Crippen LogP contribution in [0.15, 0.2) is 23.2 Å². The van der Waals surface area contributed by atoms with E-state index in [1.54, 1.807) is 14.2 Å². The summed E-state index contributed by atoms with van der Waals surface area (Å²) in [5.74, 6) is 2.36. The van der Waals surface area contributed by atoms with Crippen molar-refractivity contribution in [2.24, 2.45) is 4.99 Å². The van der Waals surface area contributed by atoms with Crippen LogP contribution < -0.4 is 20.1 Å². The van der Waals surface area contributed by atoms with Crippen LogP contribution in [0.4, 0.5) is 0 Å². The van der Waals surface area contributed by atoms with Crippen LogP contribution in [0.25, 0.3) is 0 Å². The lowest BCUT2D eigenvalue weighted by Gasteiger charge is -2.12. The van der Waals surface area contributed by atoms with Gasteiger partial charge in [0.15, 0.2) is 17.5 Å². The summed E-state index contributed by atoms with van der Waals surface area (Å²) in [6, 6.07) is 6.00. The predicted molar refractivity (Wildman–Crippen MR) is 108 cm³/mol. The third-order valence-corrected chi connectivity index (χ3v) is 3.86. The molecule has 0 bridgehead atoms. The number of ether oxygens (including phenoxy) is 3. The first-order valence-electron chi connectivity index (χ1n) is 9.55. The average Bonchev–Trinajstić information content (AvgIpc) is 2.67. The summed E-state index contributed by atoms with van der Waals surface area (Å²) >= 11 is 0. The lowest BCUT2D eigenvalue weighted by Crippen LogP contribution is -2.38. The van der Waals surface area contributed by atoms with Gasteiger partial charge in [-0.15, -0.1) is 0 Å². The van der Waals surface area contributed by atoms with Crippen LogP contribution in [0, 0.1) is 0 Å². The molecule has 0 heterocycles. The molecular weight excluding hydrogens is 330 g/mol. The number of unbranched alkanes of at least 4 members (excludes halogenated alkanes) is 1. The third-order valence-electron chi connectivity index (χ3n) is 3.86. The van der Waals surface area contributed by atoms with Crippen molar-refractivity contribution in [3.63, 3.8) is 0 Å². The minimum Gasteiger partial charge on any atom is -0.493 e. The fraction of sp³-hybridized carbons (Fsp3) is 0.650. The Balaban J connectivity index is 2.37. The van der Waals surface area contributed by atoms with Gasteiger partial charge in [0.25, 0.3) is 0 Å². The molecule has 0 saturated carbocycles. The van der Waals surface area contributed by atoms with Crippen LogP contribution >= 0.6 is 0 Å². The topological polar surface area (TPSA) is 64.1 Å². The lowest BCUT2D eigenvalue weighted by molar-refractivity contribution is 0.130. The van der Waals surface area contributed by atoms with Crippen LogP contribution in [-0.2, 0) is 11.2 Å². The first kappa shape index (κ1) is 22.1. The van der Waals surface area contributed by atoms with Crippen LogP contribution in [0.2, 0.25) is 0 Å². The van der Waals surface area contributed by atoms with E-state index in [0.29, 0.717) is 0 Å². The zero-order valence-corrected chi connectivity index (χ0v) is 16.8. The molecule has 1 aromatic carbocycles. The van der Waals surface area contributed by atoms with Gasteiger partial charge < -0.3 is 24.8 Å². The number of guanidine groups is 1. The van der Waals surface area contributed by atoms with Gasteiger partial charge in [0.1, 0.15) is 0 Å². The summed E-state index contributed by atoms with van der Waals surface area (Å²) in [5.41, 5.74) is 1.19. The van der Waals surface area contributed by atoms with Gasteiger partial charge in [-0.3, -0.25) is 4.99 Å². The fourth-order valence-corrected chi connectivity index (χ4v) is 2.41. The number of methoxy groups -OCH3 is 2. The first-order valence-corrected chi connectivity index (χ1v) is 9.55. The molecule has 0 fully saturated rings. The second-order valence-electron chi connectivity index (χ2n) is 5.95. The number of aliphatic imine (C=N–C) groups is 1. The van der Waals surface area contributed by atoms with Crippen molar-refractivity contribution >= 4 is 5.96 Å². The van der Waals surface area contributed by atoms with Crippen molar-refractivity contribution in [2.45, 2.75) is 39.5 Å². The van der Waals surface area contributed by atoms with Crippen LogP contribution in [0.5, 0.6) is 11.5 Å². The van der Waals surface area contributed by atoms with E-state index in [4.69, 9.17) is 14.2 Å². The fourth-order valence-electron chi connectivity index (χ4n) is 2.41. The molecule has 0 radical (unpaired) electrons. The Kier molecular flexibility index (Phi) is 12.1. The van der Waals surface area contributed by atoms with Crippen molar-refractivity contribution in [2.75, 3.05) is 47.1 Å². The Morgan fingerprint density at radius 3 is 2.46 bits per heavy atom. The van der Waals surface area contributed by atoms with Gasteiger partial charge in [-0.2, -0.15) is 0 Å². The maximum atomic E-state index is 5.56. The molecule has 0 aliphatic rings. The van der Waals surface area contributed by atoms with Gasteiger partial charge >= 0.3 is 0 Å². The summed E-state index contributed by atoms with van der Waals surface area (Å²) in [6.45, 7) is 8.27. The van der Waals surface area contributed by atoms with Crippen molar-refractivity contribution in [1.82, 2.24) is 10.6 Å². The van der Waals surface area contributed by atoms with E-state index >= 15 is 0 Å². The third kappa shape index (κ3) is 8.94. The predicted octanol–water partition coefficient (Wildman–Crippen LogP) is 3.01. The molecule has 0 spiro atoms. The van der Waals surface area contributed by atoms with Gasteiger partial charge in [-0.05, 0) is 43.9 Å². The molecule has 2 N–H and O–H groups in total. The Labute approximate surface area is 158 Å². The van der Waals surface area contributed by atoms with Gasteiger partial charge in [0.05, 0.1) is 14.2 Å². The number of hydrogen-bond acceptors (Lipinski definition) is 4.